The molecule has 1 atom stereocenters. The topological polar surface area (TPSA) is 20.2 Å². The molecule has 1 N–H and O–H groups in total. The molecule has 0 aliphatic heterocycles. The molecule has 0 bridgehead atoms. The molecule has 0 amide bonds. The molecule has 1 rings (SSSR count). The highest BCUT2D eigenvalue weighted by Gasteiger charge is 2.06. The van der Waals surface area contributed by atoms with Gasteiger partial charge in [-0.3, -0.25) is 0 Å². The van der Waals surface area contributed by atoms with E-state index in [2.05, 4.69) is 18.2 Å². The van der Waals surface area contributed by atoms with Gasteiger partial charge in [0.05, 0.1) is 0 Å². The molecule has 0 heterocycles. The lowest BCUT2D eigenvalue weighted by molar-refractivity contribution is 0.264. The van der Waals surface area contributed by atoms with Crippen LogP contribution in [0.15, 0.2) is 48.2 Å². The molecule has 1 heteroatoms. The summed E-state index contributed by atoms with van der Waals surface area (Å²) in [4.78, 5) is 0. The minimum atomic E-state index is -0.855. The smallest absolute Gasteiger partial charge is 0.143 e. The number of aryl methyl sites for hydroxylation is 1. The molecule has 1 aromatic carbocycles. The van der Waals surface area contributed by atoms with E-state index in [1.807, 2.05) is 30.3 Å². The summed E-state index contributed by atoms with van der Waals surface area (Å²) in [5, 5.41) is 9.42. The van der Waals surface area contributed by atoms with E-state index in [0.29, 0.717) is 12.0 Å². The summed E-state index contributed by atoms with van der Waals surface area (Å²) in [6.45, 7) is 3.52. The molecule has 0 spiro atoms. The lowest BCUT2D eigenvalue weighted by Crippen LogP contribution is -2.07. The fourth-order valence-electron chi connectivity index (χ4n) is 1.35. The Morgan fingerprint density at radius 3 is 2.60 bits per heavy atom. The van der Waals surface area contributed by atoms with Crippen molar-refractivity contribution in [2.75, 3.05) is 0 Å². The number of hydrogen-bond donors (Lipinski definition) is 1. The zero-order valence-corrected chi connectivity index (χ0v) is 8.61. The molecular formula is C14H14O. The van der Waals surface area contributed by atoms with Crippen molar-refractivity contribution in [2.45, 2.75) is 18.9 Å². The Kier molecular flexibility index (Phi) is 4.44. The zero-order chi connectivity index (χ0) is 11.1. The van der Waals surface area contributed by atoms with Gasteiger partial charge >= 0.3 is 0 Å². The third kappa shape index (κ3) is 3.48. The molecule has 0 saturated heterocycles. The standard InChI is InChI=1S/C14H14O/c1-3-13(14(15)4-2)11-10-12-8-6-5-7-9-12/h2,5-9,14-15H,1,10-11H2. The first-order chi connectivity index (χ1) is 7.27. The first kappa shape index (κ1) is 11.3. The van der Waals surface area contributed by atoms with E-state index in [9.17, 15) is 5.11 Å². The summed E-state index contributed by atoms with van der Waals surface area (Å²) < 4.78 is 0. The molecular weight excluding hydrogens is 184 g/mol. The molecule has 0 aliphatic carbocycles. The number of benzene rings is 1. The highest BCUT2D eigenvalue weighted by molar-refractivity contribution is 5.21. The number of aliphatic hydroxyl groups is 1. The molecule has 0 radical (unpaired) electrons. The minimum Gasteiger partial charge on any atom is -0.376 e. The predicted octanol–water partition coefficient (Wildman–Crippen LogP) is 2.32. The van der Waals surface area contributed by atoms with E-state index in [0.717, 1.165) is 6.42 Å². The largest absolute Gasteiger partial charge is 0.376 e. The van der Waals surface area contributed by atoms with Gasteiger partial charge in [-0.1, -0.05) is 42.8 Å². The third-order valence-electron chi connectivity index (χ3n) is 2.24. The van der Waals surface area contributed by atoms with Gasteiger partial charge in [0, 0.05) is 5.57 Å². The fraction of sp³-hybridized carbons (Fsp3) is 0.214. The van der Waals surface area contributed by atoms with Crippen molar-refractivity contribution in [3.63, 3.8) is 0 Å². The van der Waals surface area contributed by atoms with Crippen LogP contribution in [-0.4, -0.2) is 11.2 Å². The minimum absolute atomic E-state index is 0.682. The number of hydrogen-bond acceptors (Lipinski definition) is 1. The first-order valence-corrected chi connectivity index (χ1v) is 4.85. The van der Waals surface area contributed by atoms with Crippen LogP contribution >= 0.6 is 0 Å². The van der Waals surface area contributed by atoms with E-state index in [1.165, 1.54) is 5.56 Å². The van der Waals surface area contributed by atoms with Gasteiger partial charge in [0.2, 0.25) is 0 Å². The predicted molar refractivity (Wildman–Crippen MR) is 62.3 cm³/mol. The van der Waals surface area contributed by atoms with Gasteiger partial charge in [-0.05, 0) is 18.4 Å². The van der Waals surface area contributed by atoms with E-state index in [-0.39, 0.29) is 0 Å². The molecule has 1 nitrogen and oxygen atoms in total. The zero-order valence-electron chi connectivity index (χ0n) is 8.61. The Hall–Kier alpha value is -1.74. The number of aliphatic hydroxyl groups excluding tert-OH is 1. The van der Waals surface area contributed by atoms with Crippen LogP contribution in [0.5, 0.6) is 0 Å². The van der Waals surface area contributed by atoms with Gasteiger partial charge in [-0.2, -0.15) is 0 Å². The Bertz CT molecular complexity index is 391. The second kappa shape index (κ2) is 5.88. The van der Waals surface area contributed by atoms with Crippen LogP contribution in [0.1, 0.15) is 12.0 Å². The van der Waals surface area contributed by atoms with Crippen molar-refractivity contribution in [1.29, 1.82) is 0 Å². The van der Waals surface area contributed by atoms with Crippen molar-refractivity contribution in [3.05, 3.63) is 53.8 Å². The van der Waals surface area contributed by atoms with Crippen molar-refractivity contribution < 1.29 is 5.11 Å². The van der Waals surface area contributed by atoms with Crippen LogP contribution in [0, 0.1) is 12.3 Å². The summed E-state index contributed by atoms with van der Waals surface area (Å²) in [7, 11) is 0. The van der Waals surface area contributed by atoms with Gasteiger partial charge < -0.3 is 5.11 Å². The van der Waals surface area contributed by atoms with Gasteiger partial charge in [-0.25, -0.2) is 0 Å². The van der Waals surface area contributed by atoms with Crippen molar-refractivity contribution in [2.24, 2.45) is 0 Å². The van der Waals surface area contributed by atoms with Gasteiger partial charge in [0.15, 0.2) is 0 Å². The van der Waals surface area contributed by atoms with E-state index in [4.69, 9.17) is 6.42 Å². The highest BCUT2D eigenvalue weighted by Crippen LogP contribution is 2.11. The normalized spacial score (nSPS) is 11.2. The molecule has 0 fully saturated rings. The van der Waals surface area contributed by atoms with E-state index < -0.39 is 6.10 Å². The average Bonchev–Trinajstić information content (AvgIpc) is 2.31. The molecule has 1 unspecified atom stereocenters. The first-order valence-electron chi connectivity index (χ1n) is 4.85. The molecule has 0 aromatic heterocycles. The number of terminal acetylenes is 1. The molecule has 15 heavy (non-hydrogen) atoms. The maximum absolute atomic E-state index is 9.42. The molecule has 1 aromatic rings. The monoisotopic (exact) mass is 198 g/mol. The maximum Gasteiger partial charge on any atom is 0.143 e. The summed E-state index contributed by atoms with van der Waals surface area (Å²) in [6, 6.07) is 10.0. The van der Waals surface area contributed by atoms with Crippen LogP contribution in [0.4, 0.5) is 0 Å². The Morgan fingerprint density at radius 1 is 1.40 bits per heavy atom. The van der Waals surface area contributed by atoms with Crippen molar-refractivity contribution in [3.8, 4) is 12.3 Å². The average molecular weight is 198 g/mol. The molecule has 0 aliphatic rings. The fourth-order valence-corrected chi connectivity index (χ4v) is 1.35. The van der Waals surface area contributed by atoms with E-state index in [1.54, 1.807) is 0 Å². The van der Waals surface area contributed by atoms with Crippen LogP contribution in [0.3, 0.4) is 0 Å². The Morgan fingerprint density at radius 2 is 2.07 bits per heavy atom. The molecule has 0 saturated carbocycles. The number of rotatable bonds is 4. The summed E-state index contributed by atoms with van der Waals surface area (Å²) in [6.07, 6.45) is 5.81. The Labute approximate surface area is 90.8 Å². The maximum atomic E-state index is 9.42. The SMILES string of the molecule is C#CC(O)C(=C=C)CCc1ccccc1. The van der Waals surface area contributed by atoms with Gasteiger partial charge in [0.1, 0.15) is 6.10 Å². The summed E-state index contributed by atoms with van der Waals surface area (Å²) >= 11 is 0. The Balaban J connectivity index is 2.58. The highest BCUT2D eigenvalue weighted by atomic mass is 16.3. The van der Waals surface area contributed by atoms with Crippen molar-refractivity contribution in [1.82, 2.24) is 0 Å². The van der Waals surface area contributed by atoms with Gasteiger partial charge in [-0.15, -0.1) is 12.2 Å². The van der Waals surface area contributed by atoms with Crippen LogP contribution in [0.25, 0.3) is 0 Å². The van der Waals surface area contributed by atoms with Crippen LogP contribution in [-0.2, 0) is 6.42 Å². The lowest BCUT2D eigenvalue weighted by Gasteiger charge is -2.06. The lowest BCUT2D eigenvalue weighted by atomic mass is 10.0. The molecule has 76 valence electrons. The van der Waals surface area contributed by atoms with Crippen molar-refractivity contribution >= 4 is 0 Å². The second-order valence-corrected chi connectivity index (χ2v) is 3.26. The van der Waals surface area contributed by atoms with Crippen LogP contribution < -0.4 is 0 Å². The van der Waals surface area contributed by atoms with E-state index >= 15 is 0 Å². The van der Waals surface area contributed by atoms with Gasteiger partial charge in [0.25, 0.3) is 0 Å². The second-order valence-electron chi connectivity index (χ2n) is 3.26. The quantitative estimate of drug-likeness (QED) is 0.581. The third-order valence-corrected chi connectivity index (χ3v) is 2.24. The van der Waals surface area contributed by atoms with Crippen LogP contribution in [0.2, 0.25) is 0 Å². The summed E-state index contributed by atoms with van der Waals surface area (Å²) in [5.74, 6) is 2.27. The summed E-state index contributed by atoms with van der Waals surface area (Å²) in [5.41, 5.74) is 4.60.